The number of halogens is 1. The summed E-state index contributed by atoms with van der Waals surface area (Å²) < 4.78 is 5.23. The lowest BCUT2D eigenvalue weighted by Gasteiger charge is -2.06. The van der Waals surface area contributed by atoms with Gasteiger partial charge in [0.15, 0.2) is 6.61 Å². The molecule has 0 atom stereocenters. The number of nitrogens with one attached hydrogen (secondary N) is 1. The Labute approximate surface area is 134 Å². The van der Waals surface area contributed by atoms with Gasteiger partial charge in [0.2, 0.25) is 0 Å². The largest absolute Gasteiger partial charge is 0.482 e. The molecule has 0 aliphatic carbocycles. The van der Waals surface area contributed by atoms with E-state index in [-0.39, 0.29) is 11.6 Å². The Morgan fingerprint density at radius 3 is 2.95 bits per heavy atom. The van der Waals surface area contributed by atoms with Crippen LogP contribution in [0.3, 0.4) is 0 Å². The number of para-hydroxylation sites is 1. The van der Waals surface area contributed by atoms with Gasteiger partial charge in [0.1, 0.15) is 5.75 Å². The maximum absolute atomic E-state index is 11.5. The lowest BCUT2D eigenvalue weighted by Crippen LogP contribution is -2.24. The number of ether oxygens (including phenoxy) is 1. The molecule has 1 aromatic heterocycles. The molecule has 0 spiro atoms. The van der Waals surface area contributed by atoms with Gasteiger partial charge >= 0.3 is 5.00 Å². The van der Waals surface area contributed by atoms with Crippen molar-refractivity contribution < 1.29 is 14.5 Å². The van der Waals surface area contributed by atoms with E-state index >= 15 is 0 Å². The Morgan fingerprint density at radius 2 is 2.27 bits per heavy atom. The van der Waals surface area contributed by atoms with Crippen molar-refractivity contribution in [2.45, 2.75) is 0 Å². The first-order chi connectivity index (χ1) is 10.6. The van der Waals surface area contributed by atoms with Gasteiger partial charge in [-0.05, 0) is 12.1 Å². The standard InChI is InChI=1S/C13H10ClN3O4S/c14-10-3-1-2-4-11(10)21-7-12(18)16-15-6-9-5-13(17(19)20)22-8-9/h1-6,8H,7H2,(H,16,18). The number of nitrogens with zero attached hydrogens (tertiary/aromatic N) is 2. The van der Waals surface area contributed by atoms with Crippen LogP contribution >= 0.6 is 22.9 Å². The first-order valence-corrected chi connectivity index (χ1v) is 7.24. The maximum Gasteiger partial charge on any atom is 0.324 e. The lowest BCUT2D eigenvalue weighted by atomic mass is 10.3. The highest BCUT2D eigenvalue weighted by Crippen LogP contribution is 2.23. The van der Waals surface area contributed by atoms with Crippen LogP contribution in [0.2, 0.25) is 5.02 Å². The van der Waals surface area contributed by atoms with Crippen molar-refractivity contribution in [3.05, 3.63) is 56.4 Å². The van der Waals surface area contributed by atoms with E-state index in [9.17, 15) is 14.9 Å². The molecule has 0 radical (unpaired) electrons. The van der Waals surface area contributed by atoms with Crippen molar-refractivity contribution in [2.75, 3.05) is 6.61 Å². The molecular formula is C13H10ClN3O4S. The zero-order chi connectivity index (χ0) is 15.9. The molecule has 1 heterocycles. The summed E-state index contributed by atoms with van der Waals surface area (Å²) in [6.45, 7) is -0.245. The number of hydrazone groups is 1. The predicted octanol–water partition coefficient (Wildman–Crippen LogP) is 2.84. The summed E-state index contributed by atoms with van der Waals surface area (Å²) in [4.78, 5) is 21.6. The molecule has 2 aromatic rings. The van der Waals surface area contributed by atoms with E-state index in [0.717, 1.165) is 11.3 Å². The fraction of sp³-hybridized carbons (Fsp3) is 0.0769. The average molecular weight is 340 g/mol. The van der Waals surface area contributed by atoms with Gasteiger partial charge in [0.05, 0.1) is 16.2 Å². The van der Waals surface area contributed by atoms with Crippen molar-refractivity contribution in [1.82, 2.24) is 5.43 Å². The summed E-state index contributed by atoms with van der Waals surface area (Å²) in [5.41, 5.74) is 2.79. The number of rotatable bonds is 6. The third-order valence-corrected chi connectivity index (χ3v) is 3.59. The molecule has 1 N–H and O–H groups in total. The van der Waals surface area contributed by atoms with E-state index < -0.39 is 10.8 Å². The smallest absolute Gasteiger partial charge is 0.324 e. The Kier molecular flexibility index (Phi) is 5.45. The molecule has 0 unspecified atom stereocenters. The lowest BCUT2D eigenvalue weighted by molar-refractivity contribution is -0.380. The number of nitro groups is 1. The SMILES string of the molecule is O=C(COc1ccccc1Cl)NN=Cc1csc([N+](=O)[O-])c1. The summed E-state index contributed by atoms with van der Waals surface area (Å²) in [6.07, 6.45) is 1.32. The maximum atomic E-state index is 11.5. The molecule has 114 valence electrons. The van der Waals surface area contributed by atoms with Crippen LogP contribution in [0.15, 0.2) is 40.8 Å². The van der Waals surface area contributed by atoms with Crippen molar-refractivity contribution in [3.8, 4) is 5.75 Å². The second-order valence-electron chi connectivity index (χ2n) is 3.99. The van der Waals surface area contributed by atoms with Crippen LogP contribution in [-0.4, -0.2) is 23.7 Å². The van der Waals surface area contributed by atoms with Crippen LogP contribution in [-0.2, 0) is 4.79 Å². The summed E-state index contributed by atoms with van der Waals surface area (Å²) in [6, 6.07) is 8.14. The highest BCUT2D eigenvalue weighted by atomic mass is 35.5. The first kappa shape index (κ1) is 15.9. The molecule has 22 heavy (non-hydrogen) atoms. The van der Waals surface area contributed by atoms with Crippen molar-refractivity contribution in [1.29, 1.82) is 0 Å². The predicted molar refractivity (Wildman–Crippen MR) is 83.7 cm³/mol. The molecule has 0 saturated heterocycles. The average Bonchev–Trinajstić information content (AvgIpc) is 2.95. The number of amides is 1. The number of thiophene rings is 1. The minimum Gasteiger partial charge on any atom is -0.482 e. The normalized spacial score (nSPS) is 10.6. The van der Waals surface area contributed by atoms with Crippen LogP contribution in [0, 0.1) is 10.1 Å². The van der Waals surface area contributed by atoms with Gasteiger partial charge in [-0.2, -0.15) is 5.10 Å². The Hall–Kier alpha value is -2.45. The second-order valence-corrected chi connectivity index (χ2v) is 5.28. The third-order valence-electron chi connectivity index (χ3n) is 2.38. The van der Waals surface area contributed by atoms with E-state index in [1.807, 2.05) is 0 Å². The van der Waals surface area contributed by atoms with Gasteiger partial charge in [0, 0.05) is 17.0 Å². The highest BCUT2D eigenvalue weighted by Gasteiger charge is 2.08. The number of hydrogen-bond donors (Lipinski definition) is 1. The summed E-state index contributed by atoms with van der Waals surface area (Å²) in [5, 5.41) is 16.2. The molecule has 9 heteroatoms. The van der Waals surface area contributed by atoms with E-state index in [0.29, 0.717) is 16.3 Å². The minimum atomic E-state index is -0.488. The number of carbonyl (C=O) groups excluding carboxylic acids is 1. The van der Waals surface area contributed by atoms with E-state index in [1.54, 1.807) is 29.6 Å². The first-order valence-electron chi connectivity index (χ1n) is 5.98. The highest BCUT2D eigenvalue weighted by molar-refractivity contribution is 7.13. The number of carbonyl (C=O) groups is 1. The zero-order valence-corrected chi connectivity index (χ0v) is 12.6. The number of benzene rings is 1. The Morgan fingerprint density at radius 1 is 1.50 bits per heavy atom. The van der Waals surface area contributed by atoms with Crippen LogP contribution in [0.5, 0.6) is 5.75 Å². The van der Waals surface area contributed by atoms with Crippen LogP contribution < -0.4 is 10.2 Å². The topological polar surface area (TPSA) is 93.8 Å². The van der Waals surface area contributed by atoms with Gasteiger partial charge < -0.3 is 4.74 Å². The van der Waals surface area contributed by atoms with Crippen LogP contribution in [0.25, 0.3) is 0 Å². The molecule has 0 saturated carbocycles. The number of hydrogen-bond acceptors (Lipinski definition) is 6. The summed E-state index contributed by atoms with van der Waals surface area (Å²) >= 11 is 6.86. The van der Waals surface area contributed by atoms with Crippen LogP contribution in [0.4, 0.5) is 5.00 Å². The van der Waals surface area contributed by atoms with Crippen molar-refractivity contribution in [3.63, 3.8) is 0 Å². The monoisotopic (exact) mass is 339 g/mol. The summed E-state index contributed by atoms with van der Waals surface area (Å²) in [7, 11) is 0. The molecule has 1 aromatic carbocycles. The van der Waals surface area contributed by atoms with E-state index in [2.05, 4.69) is 10.5 Å². The Balaban J connectivity index is 1.81. The second kappa shape index (κ2) is 7.53. The molecular weight excluding hydrogens is 330 g/mol. The minimum absolute atomic E-state index is 0.00910. The fourth-order valence-corrected chi connectivity index (χ4v) is 2.28. The quantitative estimate of drug-likeness (QED) is 0.497. The fourth-order valence-electron chi connectivity index (χ4n) is 1.42. The Bertz CT molecular complexity index is 717. The third kappa shape index (κ3) is 4.54. The van der Waals surface area contributed by atoms with Crippen molar-refractivity contribution in [2.24, 2.45) is 5.10 Å². The molecule has 0 bridgehead atoms. The molecule has 1 amide bonds. The molecule has 2 rings (SSSR count). The molecule has 0 aliphatic rings. The van der Waals surface area contributed by atoms with Gasteiger partial charge in [0.25, 0.3) is 5.91 Å². The van der Waals surface area contributed by atoms with Gasteiger partial charge in [-0.15, -0.1) is 0 Å². The molecule has 0 aliphatic heterocycles. The zero-order valence-electron chi connectivity index (χ0n) is 11.1. The molecule has 7 nitrogen and oxygen atoms in total. The van der Waals surface area contributed by atoms with Gasteiger partial charge in [-0.25, -0.2) is 5.43 Å². The van der Waals surface area contributed by atoms with E-state index in [1.165, 1.54) is 12.3 Å². The van der Waals surface area contributed by atoms with Crippen molar-refractivity contribution >= 4 is 40.1 Å². The van der Waals surface area contributed by atoms with E-state index in [4.69, 9.17) is 16.3 Å². The summed E-state index contributed by atoms with van der Waals surface area (Å²) in [5.74, 6) is -0.0716. The van der Waals surface area contributed by atoms with Gasteiger partial charge in [-0.3, -0.25) is 14.9 Å². The van der Waals surface area contributed by atoms with Crippen LogP contribution in [0.1, 0.15) is 5.56 Å². The van der Waals surface area contributed by atoms with Gasteiger partial charge in [-0.1, -0.05) is 35.1 Å². The molecule has 0 fully saturated rings.